The van der Waals surface area contributed by atoms with Crippen LogP contribution in [0, 0.1) is 5.82 Å². The summed E-state index contributed by atoms with van der Waals surface area (Å²) in [5.74, 6) is -3.28. The molecule has 0 saturated heterocycles. The number of guanidine groups is 1. The third-order valence-electron chi connectivity index (χ3n) is 6.16. The highest BCUT2D eigenvalue weighted by molar-refractivity contribution is 6.31. The molecule has 0 unspecified atom stereocenters. The number of nitrogens with one attached hydrogen (secondary N) is 3. The molecular formula is C35H38ClFN4O9. The van der Waals surface area contributed by atoms with E-state index in [0.29, 0.717) is 11.1 Å². The number of ether oxygens (including phenoxy) is 3. The molecule has 0 aliphatic heterocycles. The number of carboxylic acid groups (broad SMARTS) is 1. The van der Waals surface area contributed by atoms with Gasteiger partial charge in [-0.3, -0.25) is 15.4 Å². The third kappa shape index (κ3) is 13.5. The highest BCUT2D eigenvalue weighted by Crippen LogP contribution is 2.24. The van der Waals surface area contributed by atoms with Gasteiger partial charge in [0.2, 0.25) is 11.9 Å². The van der Waals surface area contributed by atoms with Gasteiger partial charge in [-0.15, -0.1) is 0 Å². The topological polar surface area (TPSA) is 182 Å². The lowest BCUT2D eigenvalue weighted by Gasteiger charge is -2.22. The van der Waals surface area contributed by atoms with E-state index >= 15 is 0 Å². The van der Waals surface area contributed by atoms with Crippen LogP contribution in [-0.2, 0) is 31.9 Å². The first-order valence-corrected chi connectivity index (χ1v) is 15.6. The maximum atomic E-state index is 13.2. The first-order valence-electron chi connectivity index (χ1n) is 15.2. The molecule has 3 amide bonds. The molecule has 0 bridgehead atoms. The molecule has 15 heteroatoms. The summed E-state index contributed by atoms with van der Waals surface area (Å²) in [5, 5.41) is 16.8. The fourth-order valence-electron chi connectivity index (χ4n) is 4.06. The Hall–Kier alpha value is -5.50. The van der Waals surface area contributed by atoms with E-state index in [1.165, 1.54) is 66.7 Å². The number of esters is 1. The van der Waals surface area contributed by atoms with Crippen LogP contribution in [0.3, 0.4) is 0 Å². The van der Waals surface area contributed by atoms with Crippen molar-refractivity contribution in [1.29, 1.82) is 0 Å². The van der Waals surface area contributed by atoms with Gasteiger partial charge >= 0.3 is 24.1 Å². The van der Waals surface area contributed by atoms with E-state index in [1.807, 2.05) is 0 Å². The summed E-state index contributed by atoms with van der Waals surface area (Å²) in [6.07, 6.45) is -2.05. The largest absolute Gasteiger partial charge is 0.480 e. The van der Waals surface area contributed by atoms with E-state index < -0.39 is 53.1 Å². The maximum Gasteiger partial charge on any atom is 0.414 e. The van der Waals surface area contributed by atoms with Crippen LogP contribution in [0.5, 0.6) is 5.75 Å². The van der Waals surface area contributed by atoms with Gasteiger partial charge in [0.25, 0.3) is 0 Å². The average molecular weight is 713 g/mol. The number of aliphatic imine (C=N–C) groups is 1. The summed E-state index contributed by atoms with van der Waals surface area (Å²) in [4.78, 5) is 66.1. The Labute approximate surface area is 293 Å². The minimum absolute atomic E-state index is 0.0512. The number of alkyl carbamates (subject to hydrolysis) is 2. The number of rotatable bonds is 9. The van der Waals surface area contributed by atoms with Crippen LogP contribution in [0.15, 0.2) is 71.7 Å². The SMILES string of the molecule is CC(C)(C)OC(=O)NC(=Nc1ccc(C(=O)Oc2ccc(CC(=O)N[C@@H](Cc3ccc(F)cc3)C(=O)O)c(Cl)c2)cc1)NC(=O)OC(C)(C)C. The summed E-state index contributed by atoms with van der Waals surface area (Å²) >= 11 is 6.34. The number of carboxylic acids is 1. The van der Waals surface area contributed by atoms with Crippen molar-refractivity contribution in [3.8, 4) is 5.75 Å². The second kappa shape index (κ2) is 16.7. The molecule has 50 heavy (non-hydrogen) atoms. The van der Waals surface area contributed by atoms with E-state index in [-0.39, 0.29) is 40.8 Å². The number of aliphatic carboxylic acids is 1. The van der Waals surface area contributed by atoms with Gasteiger partial charge in [-0.2, -0.15) is 0 Å². The monoisotopic (exact) mass is 712 g/mol. The van der Waals surface area contributed by atoms with E-state index in [9.17, 15) is 33.5 Å². The van der Waals surface area contributed by atoms with Crippen molar-refractivity contribution in [2.45, 2.75) is 71.6 Å². The molecule has 0 aliphatic carbocycles. The van der Waals surface area contributed by atoms with Gasteiger partial charge < -0.3 is 24.6 Å². The van der Waals surface area contributed by atoms with Crippen LogP contribution in [0.25, 0.3) is 0 Å². The first-order chi connectivity index (χ1) is 23.3. The Morgan fingerprint density at radius 2 is 1.40 bits per heavy atom. The predicted molar refractivity (Wildman–Crippen MR) is 182 cm³/mol. The third-order valence-corrected chi connectivity index (χ3v) is 6.51. The maximum absolute atomic E-state index is 13.2. The summed E-state index contributed by atoms with van der Waals surface area (Å²) < 4.78 is 29.1. The first kappa shape index (κ1) is 38.9. The van der Waals surface area contributed by atoms with Gasteiger partial charge in [-0.25, -0.2) is 28.6 Å². The number of hydrogen-bond acceptors (Lipinski definition) is 9. The van der Waals surface area contributed by atoms with Crippen molar-refractivity contribution in [2.24, 2.45) is 4.99 Å². The fourth-order valence-corrected chi connectivity index (χ4v) is 4.30. The molecule has 4 N–H and O–H groups in total. The van der Waals surface area contributed by atoms with Crippen molar-refractivity contribution < 1.29 is 47.7 Å². The predicted octanol–water partition coefficient (Wildman–Crippen LogP) is 6.09. The number of halogens is 2. The highest BCUT2D eigenvalue weighted by atomic mass is 35.5. The molecule has 0 spiro atoms. The van der Waals surface area contributed by atoms with E-state index in [2.05, 4.69) is 20.9 Å². The average Bonchev–Trinajstić information content (AvgIpc) is 2.97. The zero-order chi connectivity index (χ0) is 37.2. The van der Waals surface area contributed by atoms with Gasteiger partial charge in [0.15, 0.2) is 0 Å². The second-order valence-corrected chi connectivity index (χ2v) is 13.3. The zero-order valence-electron chi connectivity index (χ0n) is 28.3. The molecule has 0 fully saturated rings. The van der Waals surface area contributed by atoms with Crippen molar-refractivity contribution in [1.82, 2.24) is 16.0 Å². The number of benzene rings is 3. The molecular weight excluding hydrogens is 675 g/mol. The van der Waals surface area contributed by atoms with E-state index in [4.69, 9.17) is 25.8 Å². The Balaban J connectivity index is 1.65. The lowest BCUT2D eigenvalue weighted by molar-refractivity contribution is -0.141. The van der Waals surface area contributed by atoms with Crippen LogP contribution < -0.4 is 20.7 Å². The molecule has 0 aromatic heterocycles. The Bertz CT molecular complexity index is 1720. The second-order valence-electron chi connectivity index (χ2n) is 12.9. The number of nitrogens with zero attached hydrogens (tertiary/aromatic N) is 1. The van der Waals surface area contributed by atoms with Crippen LogP contribution in [0.4, 0.5) is 19.7 Å². The molecule has 266 valence electrons. The molecule has 0 radical (unpaired) electrons. The van der Waals surface area contributed by atoms with Gasteiger partial charge in [0, 0.05) is 11.4 Å². The summed E-state index contributed by atoms with van der Waals surface area (Å²) in [7, 11) is 0. The summed E-state index contributed by atoms with van der Waals surface area (Å²) in [5.41, 5.74) is -0.376. The van der Waals surface area contributed by atoms with Crippen LogP contribution in [0.2, 0.25) is 5.02 Å². The van der Waals surface area contributed by atoms with Crippen molar-refractivity contribution >= 4 is 53.3 Å². The summed E-state index contributed by atoms with van der Waals surface area (Å²) in [6, 6.07) is 14.0. The molecule has 3 rings (SSSR count). The van der Waals surface area contributed by atoms with Gasteiger partial charge in [-0.1, -0.05) is 29.8 Å². The Morgan fingerprint density at radius 1 is 0.840 bits per heavy atom. The fraction of sp³-hybridized carbons (Fsp3) is 0.314. The van der Waals surface area contributed by atoms with Gasteiger partial charge in [0.1, 0.15) is 28.8 Å². The van der Waals surface area contributed by atoms with Crippen LogP contribution >= 0.6 is 11.6 Å². The van der Waals surface area contributed by atoms with Crippen LogP contribution in [-0.4, -0.2) is 58.3 Å². The van der Waals surface area contributed by atoms with Crippen molar-refractivity contribution in [3.05, 3.63) is 94.3 Å². The van der Waals surface area contributed by atoms with Crippen LogP contribution in [0.1, 0.15) is 63.0 Å². The van der Waals surface area contributed by atoms with Gasteiger partial charge in [-0.05, 0) is 101 Å². The quantitative estimate of drug-likeness (QED) is 0.0883. The van der Waals surface area contributed by atoms with Crippen molar-refractivity contribution in [3.63, 3.8) is 0 Å². The molecule has 0 saturated carbocycles. The minimum Gasteiger partial charge on any atom is -0.480 e. The number of amides is 3. The number of carbonyl (C=O) groups is 5. The zero-order valence-corrected chi connectivity index (χ0v) is 29.0. The number of carbonyl (C=O) groups excluding carboxylic acids is 4. The highest BCUT2D eigenvalue weighted by Gasteiger charge is 2.23. The Kier molecular flexibility index (Phi) is 13.0. The standard InChI is InChI=1S/C35H38ClFN4O9/c1-34(2,3)49-32(46)40-31(41-33(47)50-35(4,5)6)38-24-14-9-21(10-15-24)30(45)48-25-16-11-22(26(36)19-25)18-28(42)39-27(29(43)44)17-20-7-12-23(37)13-8-20/h7-16,19,27H,17-18H2,1-6H3,(H,39,42)(H,43,44)(H2,38,40,41,46,47)/t27-/m0/s1. The molecule has 1 atom stereocenters. The van der Waals surface area contributed by atoms with Crippen molar-refractivity contribution in [2.75, 3.05) is 0 Å². The molecule has 3 aromatic rings. The van der Waals surface area contributed by atoms with Gasteiger partial charge in [0.05, 0.1) is 17.7 Å². The lowest BCUT2D eigenvalue weighted by Crippen LogP contribution is -2.47. The molecule has 13 nitrogen and oxygen atoms in total. The lowest BCUT2D eigenvalue weighted by atomic mass is 10.1. The summed E-state index contributed by atoms with van der Waals surface area (Å²) in [6.45, 7) is 10.0. The Morgan fingerprint density at radius 3 is 1.90 bits per heavy atom. The molecule has 3 aromatic carbocycles. The smallest absolute Gasteiger partial charge is 0.414 e. The number of hydrogen-bond donors (Lipinski definition) is 4. The normalized spacial score (nSPS) is 11.8. The molecule has 0 heterocycles. The minimum atomic E-state index is -1.26. The van der Waals surface area contributed by atoms with E-state index in [1.54, 1.807) is 41.5 Å². The molecule has 0 aliphatic rings. The van der Waals surface area contributed by atoms with E-state index in [0.717, 1.165) is 0 Å².